The van der Waals surface area contributed by atoms with Crippen molar-refractivity contribution in [1.29, 1.82) is 0 Å². The van der Waals surface area contributed by atoms with Crippen molar-refractivity contribution in [3.8, 4) is 0 Å². The molecule has 31 heavy (non-hydrogen) atoms. The lowest BCUT2D eigenvalue weighted by Gasteiger charge is -2.32. The van der Waals surface area contributed by atoms with Crippen molar-refractivity contribution in [2.24, 2.45) is 16.6 Å². The van der Waals surface area contributed by atoms with Crippen LogP contribution in [0.3, 0.4) is 0 Å². The maximum Gasteiger partial charge on any atom is 0.280 e. The van der Waals surface area contributed by atoms with Crippen LogP contribution in [-0.4, -0.2) is 50.0 Å². The van der Waals surface area contributed by atoms with Gasteiger partial charge in [0.2, 0.25) is 0 Å². The lowest BCUT2D eigenvalue weighted by Crippen LogP contribution is -2.43. The molecule has 2 unspecified atom stereocenters. The summed E-state index contributed by atoms with van der Waals surface area (Å²) in [4.78, 5) is 24.3. The number of para-hydroxylation sites is 1. The Morgan fingerprint density at radius 1 is 1.35 bits per heavy atom. The molecule has 0 aliphatic carbocycles. The van der Waals surface area contributed by atoms with E-state index in [0.29, 0.717) is 24.0 Å². The number of amides is 1. The Morgan fingerprint density at radius 3 is 2.97 bits per heavy atom. The highest BCUT2D eigenvalue weighted by molar-refractivity contribution is 7.17. The second-order valence-electron chi connectivity index (χ2n) is 8.85. The summed E-state index contributed by atoms with van der Waals surface area (Å²) in [5.41, 5.74) is 9.24. The van der Waals surface area contributed by atoms with Gasteiger partial charge >= 0.3 is 0 Å². The standard InChI is InChI=1S/C22H29N7OS/c1-22(11-23)12-29(16-5-3-2-4-15(16)22)18-17-20(27-13-26-18)31-21(28-17)19(30)25-10-14-6-8-24-9-7-14/h2-5,13-14,18,24H,6-12,23H2,1H3,(H,25,30)(H,26,27). The molecule has 5 N–H and O–H groups in total. The van der Waals surface area contributed by atoms with Crippen LogP contribution < -0.4 is 26.6 Å². The van der Waals surface area contributed by atoms with Crippen LogP contribution in [0.5, 0.6) is 0 Å². The Morgan fingerprint density at radius 2 is 2.16 bits per heavy atom. The molecule has 3 aliphatic heterocycles. The number of hydrogen-bond donors (Lipinski definition) is 4. The van der Waals surface area contributed by atoms with Crippen LogP contribution in [0.4, 0.5) is 10.7 Å². The second kappa shape index (κ2) is 8.22. The fraction of sp³-hybridized carbons (Fsp3) is 0.500. The molecular formula is C22H29N7OS. The summed E-state index contributed by atoms with van der Waals surface area (Å²) >= 11 is 1.35. The van der Waals surface area contributed by atoms with Gasteiger partial charge in [-0.15, -0.1) is 0 Å². The number of fused-ring (bicyclic) bond motifs is 2. The lowest BCUT2D eigenvalue weighted by atomic mass is 9.85. The average Bonchev–Trinajstić information content (AvgIpc) is 3.38. The minimum absolute atomic E-state index is 0.111. The third-order valence-corrected chi connectivity index (χ3v) is 7.64. The number of benzene rings is 1. The lowest BCUT2D eigenvalue weighted by molar-refractivity contribution is 0.0943. The SMILES string of the molecule is CC1(CN)CN(C2NC=Nc3sc(C(=O)NCC4CCNCC4)nc32)c2ccccc21. The molecule has 1 fully saturated rings. The molecule has 4 heterocycles. The quantitative estimate of drug-likeness (QED) is 0.567. The normalized spacial score (nSPS) is 25.1. The number of thiazole rings is 1. The Hall–Kier alpha value is -2.49. The van der Waals surface area contributed by atoms with E-state index in [9.17, 15) is 4.79 Å². The maximum absolute atomic E-state index is 12.8. The van der Waals surface area contributed by atoms with Gasteiger partial charge in [0.1, 0.15) is 16.9 Å². The molecule has 2 aromatic rings. The zero-order valence-corrected chi connectivity index (χ0v) is 18.5. The number of nitrogens with one attached hydrogen (secondary N) is 3. The van der Waals surface area contributed by atoms with Gasteiger partial charge in [0.05, 0.1) is 6.34 Å². The monoisotopic (exact) mass is 439 g/mol. The van der Waals surface area contributed by atoms with E-state index in [4.69, 9.17) is 10.7 Å². The van der Waals surface area contributed by atoms with Crippen LogP contribution in [0.15, 0.2) is 29.3 Å². The highest BCUT2D eigenvalue weighted by Crippen LogP contribution is 2.45. The number of aromatic nitrogens is 1. The highest BCUT2D eigenvalue weighted by Gasteiger charge is 2.42. The van der Waals surface area contributed by atoms with Crippen LogP contribution >= 0.6 is 11.3 Å². The molecular weight excluding hydrogens is 410 g/mol. The van der Waals surface area contributed by atoms with Crippen molar-refractivity contribution in [1.82, 2.24) is 20.9 Å². The fourth-order valence-corrected chi connectivity index (χ4v) is 5.62. The van der Waals surface area contributed by atoms with Gasteiger partial charge in [-0.2, -0.15) is 0 Å². The number of anilines is 1. The van der Waals surface area contributed by atoms with Crippen molar-refractivity contribution < 1.29 is 4.79 Å². The Balaban J connectivity index is 1.37. The first-order chi connectivity index (χ1) is 15.1. The molecule has 0 bridgehead atoms. The van der Waals surface area contributed by atoms with Crippen molar-refractivity contribution in [3.63, 3.8) is 0 Å². The van der Waals surface area contributed by atoms with Gasteiger partial charge in [0.25, 0.3) is 5.91 Å². The average molecular weight is 440 g/mol. The molecule has 0 radical (unpaired) electrons. The van der Waals surface area contributed by atoms with Gasteiger partial charge in [0.15, 0.2) is 5.01 Å². The van der Waals surface area contributed by atoms with E-state index >= 15 is 0 Å². The predicted molar refractivity (Wildman–Crippen MR) is 124 cm³/mol. The minimum atomic E-state index is -0.177. The summed E-state index contributed by atoms with van der Waals surface area (Å²) in [6.45, 7) is 6.28. The van der Waals surface area contributed by atoms with Gasteiger partial charge in [-0.25, -0.2) is 9.98 Å². The second-order valence-corrected chi connectivity index (χ2v) is 9.83. The topological polar surface area (TPSA) is 108 Å². The summed E-state index contributed by atoms with van der Waals surface area (Å²) in [5, 5.41) is 11.0. The van der Waals surface area contributed by atoms with E-state index in [1.54, 1.807) is 6.34 Å². The van der Waals surface area contributed by atoms with E-state index < -0.39 is 0 Å². The molecule has 1 amide bonds. The van der Waals surface area contributed by atoms with E-state index in [1.807, 2.05) is 6.07 Å². The number of nitrogens with zero attached hydrogens (tertiary/aromatic N) is 3. The van der Waals surface area contributed by atoms with Gasteiger partial charge < -0.3 is 26.6 Å². The van der Waals surface area contributed by atoms with Gasteiger partial charge in [0, 0.05) is 30.7 Å². The molecule has 164 valence electrons. The summed E-state index contributed by atoms with van der Waals surface area (Å²) in [7, 11) is 0. The number of hydrogen-bond acceptors (Lipinski definition) is 8. The van der Waals surface area contributed by atoms with Crippen LogP contribution in [0.25, 0.3) is 0 Å². The Kier molecular flexibility index (Phi) is 5.41. The summed E-state index contributed by atoms with van der Waals surface area (Å²) in [5.74, 6) is 0.419. The molecule has 1 saturated heterocycles. The third-order valence-electron chi connectivity index (χ3n) is 6.66. The Labute approximate surface area is 186 Å². The van der Waals surface area contributed by atoms with Crippen LogP contribution in [0.1, 0.15) is 47.0 Å². The molecule has 0 saturated carbocycles. The number of aliphatic imine (C=N–C) groups is 1. The van der Waals surface area contributed by atoms with E-state index in [-0.39, 0.29) is 17.5 Å². The molecule has 3 aliphatic rings. The van der Waals surface area contributed by atoms with Crippen LogP contribution in [-0.2, 0) is 5.41 Å². The summed E-state index contributed by atoms with van der Waals surface area (Å²) in [6.07, 6.45) is 3.73. The zero-order chi connectivity index (χ0) is 21.4. The number of carbonyl (C=O) groups excluding carboxylic acids is 1. The predicted octanol–water partition coefficient (Wildman–Crippen LogP) is 1.87. The minimum Gasteiger partial charge on any atom is -0.351 e. The molecule has 9 heteroatoms. The first-order valence-electron chi connectivity index (χ1n) is 10.9. The van der Waals surface area contributed by atoms with Crippen molar-refractivity contribution in [2.45, 2.75) is 31.3 Å². The summed E-state index contributed by atoms with van der Waals surface area (Å²) < 4.78 is 0. The van der Waals surface area contributed by atoms with E-state index in [1.165, 1.54) is 16.9 Å². The number of rotatable bonds is 5. The van der Waals surface area contributed by atoms with Gasteiger partial charge in [-0.3, -0.25) is 4.79 Å². The maximum atomic E-state index is 12.8. The molecule has 1 aromatic carbocycles. The fourth-order valence-electron chi connectivity index (χ4n) is 4.76. The first kappa shape index (κ1) is 20.4. The number of nitrogens with two attached hydrogens (primary N) is 1. The van der Waals surface area contributed by atoms with Crippen LogP contribution in [0, 0.1) is 5.92 Å². The van der Waals surface area contributed by atoms with Crippen molar-refractivity contribution in [3.05, 3.63) is 40.5 Å². The highest BCUT2D eigenvalue weighted by atomic mass is 32.1. The third kappa shape index (κ3) is 3.71. The number of carbonyl (C=O) groups is 1. The van der Waals surface area contributed by atoms with Gasteiger partial charge in [-0.05, 0) is 43.5 Å². The van der Waals surface area contributed by atoms with Crippen molar-refractivity contribution in [2.75, 3.05) is 37.6 Å². The molecule has 5 rings (SSSR count). The smallest absolute Gasteiger partial charge is 0.280 e. The zero-order valence-electron chi connectivity index (χ0n) is 17.7. The van der Waals surface area contributed by atoms with Crippen LogP contribution in [0.2, 0.25) is 0 Å². The number of piperidine rings is 1. The van der Waals surface area contributed by atoms with Crippen molar-refractivity contribution >= 4 is 34.3 Å². The molecule has 8 nitrogen and oxygen atoms in total. The largest absolute Gasteiger partial charge is 0.351 e. The molecule has 0 spiro atoms. The van der Waals surface area contributed by atoms with E-state index in [0.717, 1.165) is 48.9 Å². The molecule has 1 aromatic heterocycles. The Bertz CT molecular complexity index is 999. The van der Waals surface area contributed by atoms with E-state index in [2.05, 4.69) is 51.0 Å². The molecule has 2 atom stereocenters. The first-order valence-corrected chi connectivity index (χ1v) is 11.8. The summed E-state index contributed by atoms with van der Waals surface area (Å²) in [6, 6.07) is 8.39. The van der Waals surface area contributed by atoms with Gasteiger partial charge in [-0.1, -0.05) is 36.5 Å².